The fourth-order valence-electron chi connectivity index (χ4n) is 1.62. The van der Waals surface area contributed by atoms with Crippen LogP contribution in [0.15, 0.2) is 30.5 Å². The van der Waals surface area contributed by atoms with Gasteiger partial charge >= 0.3 is 0 Å². The van der Waals surface area contributed by atoms with Gasteiger partial charge in [-0.1, -0.05) is 17.3 Å². The molecule has 0 saturated carbocycles. The average Bonchev–Trinajstić information content (AvgIpc) is 2.88. The lowest BCUT2D eigenvalue weighted by molar-refractivity contribution is 0.0936. The lowest BCUT2D eigenvalue weighted by Crippen LogP contribution is -2.37. The number of carbonyl (C=O) groups is 1. The molecular formula is C13H17N5O. The van der Waals surface area contributed by atoms with Crippen molar-refractivity contribution in [2.45, 2.75) is 19.9 Å². The van der Waals surface area contributed by atoms with Crippen LogP contribution < -0.4 is 11.1 Å². The molecule has 1 atom stereocenters. The summed E-state index contributed by atoms with van der Waals surface area (Å²) in [4.78, 5) is 11.8. The van der Waals surface area contributed by atoms with Crippen molar-refractivity contribution < 1.29 is 4.79 Å². The van der Waals surface area contributed by atoms with E-state index >= 15 is 0 Å². The maximum absolute atomic E-state index is 11.8. The van der Waals surface area contributed by atoms with Gasteiger partial charge in [0.25, 0.3) is 5.91 Å². The van der Waals surface area contributed by atoms with E-state index in [1.165, 1.54) is 0 Å². The van der Waals surface area contributed by atoms with Crippen LogP contribution in [0.2, 0.25) is 0 Å². The number of nitrogens with two attached hydrogens (primary N) is 1. The van der Waals surface area contributed by atoms with Crippen molar-refractivity contribution in [1.82, 2.24) is 20.3 Å². The highest BCUT2D eigenvalue weighted by Crippen LogP contribution is 2.09. The van der Waals surface area contributed by atoms with Gasteiger partial charge in [-0.15, -0.1) is 5.10 Å². The monoisotopic (exact) mass is 259 g/mol. The van der Waals surface area contributed by atoms with Crippen molar-refractivity contribution in [3.8, 4) is 5.69 Å². The highest BCUT2D eigenvalue weighted by molar-refractivity contribution is 5.92. The second-order valence-electron chi connectivity index (χ2n) is 4.50. The molecule has 0 fully saturated rings. The largest absolute Gasteiger partial charge is 0.347 e. The molecule has 6 nitrogen and oxygen atoms in total. The van der Waals surface area contributed by atoms with E-state index < -0.39 is 0 Å². The van der Waals surface area contributed by atoms with Crippen LogP contribution in [0.1, 0.15) is 23.0 Å². The molecule has 0 unspecified atom stereocenters. The molecule has 0 aliphatic rings. The summed E-state index contributed by atoms with van der Waals surface area (Å²) in [6.45, 7) is 4.22. The third kappa shape index (κ3) is 3.17. The van der Waals surface area contributed by atoms with Gasteiger partial charge in [-0.25, -0.2) is 4.68 Å². The summed E-state index contributed by atoms with van der Waals surface area (Å²) in [5, 5.41) is 10.6. The fraction of sp³-hybridized carbons (Fsp3) is 0.308. The molecule has 0 aliphatic carbocycles. The summed E-state index contributed by atoms with van der Waals surface area (Å²) in [5.41, 5.74) is 7.73. The Morgan fingerprint density at radius 1 is 1.53 bits per heavy atom. The molecule has 0 radical (unpaired) electrons. The Morgan fingerprint density at radius 2 is 2.32 bits per heavy atom. The summed E-state index contributed by atoms with van der Waals surface area (Å²) in [5.74, 6) is -0.267. The van der Waals surface area contributed by atoms with Crippen LogP contribution in [-0.4, -0.2) is 33.5 Å². The van der Waals surface area contributed by atoms with E-state index in [2.05, 4.69) is 15.6 Å². The van der Waals surface area contributed by atoms with Crippen LogP contribution in [0.4, 0.5) is 0 Å². The first-order valence-corrected chi connectivity index (χ1v) is 6.10. The smallest absolute Gasteiger partial charge is 0.273 e. The number of nitrogens with one attached hydrogen (secondary N) is 1. The Kier molecular flexibility index (Phi) is 3.91. The highest BCUT2D eigenvalue weighted by atomic mass is 16.2. The molecule has 0 saturated heterocycles. The number of hydrogen-bond acceptors (Lipinski definition) is 4. The van der Waals surface area contributed by atoms with E-state index in [4.69, 9.17) is 5.73 Å². The van der Waals surface area contributed by atoms with Crippen LogP contribution in [0.3, 0.4) is 0 Å². The number of benzene rings is 1. The summed E-state index contributed by atoms with van der Waals surface area (Å²) in [7, 11) is 0. The van der Waals surface area contributed by atoms with E-state index in [9.17, 15) is 4.79 Å². The average molecular weight is 259 g/mol. The maximum atomic E-state index is 11.8. The third-order valence-electron chi connectivity index (χ3n) is 2.72. The zero-order valence-electron chi connectivity index (χ0n) is 11.0. The Balaban J connectivity index is 2.17. The minimum Gasteiger partial charge on any atom is -0.347 e. The van der Waals surface area contributed by atoms with E-state index in [-0.39, 0.29) is 17.6 Å². The molecule has 1 aromatic carbocycles. The number of amides is 1. The van der Waals surface area contributed by atoms with Crippen LogP contribution >= 0.6 is 0 Å². The van der Waals surface area contributed by atoms with E-state index in [1.807, 2.05) is 38.1 Å². The van der Waals surface area contributed by atoms with Gasteiger partial charge in [0.05, 0.1) is 11.9 Å². The number of rotatable bonds is 4. The first-order valence-electron chi connectivity index (χ1n) is 6.10. The molecule has 19 heavy (non-hydrogen) atoms. The molecule has 1 amide bonds. The summed E-state index contributed by atoms with van der Waals surface area (Å²) in [6, 6.07) is 7.72. The lowest BCUT2D eigenvalue weighted by Gasteiger charge is -2.08. The first kappa shape index (κ1) is 13.2. The van der Waals surface area contributed by atoms with Crippen LogP contribution in [0, 0.1) is 6.92 Å². The van der Waals surface area contributed by atoms with Crippen LogP contribution in [0.25, 0.3) is 5.69 Å². The first-order chi connectivity index (χ1) is 9.10. The minimum atomic E-state index is -0.267. The second kappa shape index (κ2) is 5.62. The molecule has 100 valence electrons. The molecule has 1 heterocycles. The van der Waals surface area contributed by atoms with Crippen molar-refractivity contribution >= 4 is 5.91 Å². The van der Waals surface area contributed by atoms with Crippen LogP contribution in [-0.2, 0) is 0 Å². The standard InChI is InChI=1S/C13H17N5O/c1-9-4-3-5-11(6-9)18-8-12(16-17-18)13(19)15-10(2)7-14/h3-6,8,10H,7,14H2,1-2H3,(H,15,19)/t10-/m0/s1. The summed E-state index contributed by atoms with van der Waals surface area (Å²) < 4.78 is 1.58. The lowest BCUT2D eigenvalue weighted by atomic mass is 10.2. The zero-order chi connectivity index (χ0) is 13.8. The molecule has 3 N–H and O–H groups in total. The van der Waals surface area contributed by atoms with Gasteiger partial charge < -0.3 is 11.1 Å². The van der Waals surface area contributed by atoms with Gasteiger partial charge in [-0.3, -0.25) is 4.79 Å². The van der Waals surface area contributed by atoms with Gasteiger partial charge in [-0.05, 0) is 31.5 Å². The Hall–Kier alpha value is -2.21. The van der Waals surface area contributed by atoms with Gasteiger partial charge in [0, 0.05) is 12.6 Å². The van der Waals surface area contributed by atoms with Crippen molar-refractivity contribution in [2.24, 2.45) is 5.73 Å². The van der Waals surface area contributed by atoms with Crippen molar-refractivity contribution in [3.63, 3.8) is 0 Å². The molecule has 0 spiro atoms. The SMILES string of the molecule is Cc1cccc(-n2cc(C(=O)N[C@@H](C)CN)nn2)c1. The van der Waals surface area contributed by atoms with E-state index in [0.717, 1.165) is 11.3 Å². The number of aryl methyl sites for hydroxylation is 1. The number of hydrogen-bond donors (Lipinski definition) is 2. The molecule has 0 bridgehead atoms. The fourth-order valence-corrected chi connectivity index (χ4v) is 1.62. The molecule has 1 aromatic heterocycles. The highest BCUT2D eigenvalue weighted by Gasteiger charge is 2.13. The van der Waals surface area contributed by atoms with Crippen molar-refractivity contribution in [2.75, 3.05) is 6.54 Å². The van der Waals surface area contributed by atoms with Gasteiger partial charge in [0.15, 0.2) is 5.69 Å². The molecule has 2 rings (SSSR count). The normalized spacial score (nSPS) is 12.2. The number of aromatic nitrogens is 3. The van der Waals surface area contributed by atoms with Gasteiger partial charge in [-0.2, -0.15) is 0 Å². The van der Waals surface area contributed by atoms with Crippen molar-refractivity contribution in [1.29, 1.82) is 0 Å². The number of carbonyl (C=O) groups excluding carboxylic acids is 1. The quantitative estimate of drug-likeness (QED) is 0.844. The Morgan fingerprint density at radius 3 is 3.00 bits per heavy atom. The van der Waals surface area contributed by atoms with Crippen LogP contribution in [0.5, 0.6) is 0 Å². The second-order valence-corrected chi connectivity index (χ2v) is 4.50. The number of nitrogens with zero attached hydrogens (tertiary/aromatic N) is 3. The third-order valence-corrected chi connectivity index (χ3v) is 2.72. The molecule has 0 aliphatic heterocycles. The molecule has 2 aromatic rings. The zero-order valence-corrected chi connectivity index (χ0v) is 11.0. The molecular weight excluding hydrogens is 242 g/mol. The molecule has 6 heteroatoms. The Labute approximate surface area is 111 Å². The predicted octanol–water partition coefficient (Wildman–Crippen LogP) is 0.653. The Bertz CT molecular complexity index is 578. The van der Waals surface area contributed by atoms with E-state index in [1.54, 1.807) is 10.9 Å². The summed E-state index contributed by atoms with van der Waals surface area (Å²) >= 11 is 0. The van der Waals surface area contributed by atoms with Gasteiger partial charge in [0.1, 0.15) is 0 Å². The predicted molar refractivity (Wildman–Crippen MR) is 72.1 cm³/mol. The van der Waals surface area contributed by atoms with E-state index in [0.29, 0.717) is 6.54 Å². The summed E-state index contributed by atoms with van der Waals surface area (Å²) in [6.07, 6.45) is 1.60. The van der Waals surface area contributed by atoms with Crippen molar-refractivity contribution in [3.05, 3.63) is 41.7 Å². The topological polar surface area (TPSA) is 85.8 Å². The maximum Gasteiger partial charge on any atom is 0.273 e. The van der Waals surface area contributed by atoms with Gasteiger partial charge in [0.2, 0.25) is 0 Å². The minimum absolute atomic E-state index is 0.0865.